The van der Waals surface area contributed by atoms with Gasteiger partial charge in [0.2, 0.25) is 0 Å². The Hall–Kier alpha value is -1.57. The summed E-state index contributed by atoms with van der Waals surface area (Å²) in [5.74, 6) is 2.47. The van der Waals surface area contributed by atoms with Gasteiger partial charge in [0.05, 0.1) is 6.61 Å². The number of rotatable bonds is 6. The number of allylic oxidation sites excluding steroid dienone is 7. The molecule has 3 unspecified atom stereocenters. The molecule has 3 atom stereocenters. The number of hydrogen-bond donors (Lipinski definition) is 0. The summed E-state index contributed by atoms with van der Waals surface area (Å²) in [6.45, 7) is 6.25. The average molecular weight is 300 g/mol. The van der Waals surface area contributed by atoms with Crippen LogP contribution < -0.4 is 0 Å². The van der Waals surface area contributed by atoms with Crippen molar-refractivity contribution in [3.8, 4) is 0 Å². The summed E-state index contributed by atoms with van der Waals surface area (Å²) >= 11 is 0. The second kappa shape index (κ2) is 8.17. The van der Waals surface area contributed by atoms with E-state index in [-0.39, 0.29) is 5.97 Å². The molecule has 0 amide bonds. The molecule has 0 aliphatic heterocycles. The van der Waals surface area contributed by atoms with Crippen LogP contribution in [0.2, 0.25) is 0 Å². The molecule has 2 nitrogen and oxygen atoms in total. The van der Waals surface area contributed by atoms with Crippen molar-refractivity contribution in [3.05, 3.63) is 47.6 Å². The zero-order valence-corrected chi connectivity index (χ0v) is 14.0. The van der Waals surface area contributed by atoms with Crippen molar-refractivity contribution < 1.29 is 9.53 Å². The summed E-state index contributed by atoms with van der Waals surface area (Å²) in [6, 6.07) is 0. The fraction of sp³-hybridized carbons (Fsp3) is 0.550. The SMILES string of the molecule is CCOC(=O)/C=C(C)/C=C/C=C(C)/C=C/C1CC2CCC1C2. The van der Waals surface area contributed by atoms with E-state index in [4.69, 9.17) is 4.74 Å². The minimum absolute atomic E-state index is 0.276. The van der Waals surface area contributed by atoms with Gasteiger partial charge in [-0.25, -0.2) is 4.79 Å². The highest BCUT2D eigenvalue weighted by Gasteiger charge is 2.37. The first-order chi connectivity index (χ1) is 10.6. The molecule has 2 aliphatic carbocycles. The Morgan fingerprint density at radius 2 is 1.95 bits per heavy atom. The molecule has 0 aromatic rings. The Bertz CT molecular complexity index is 508. The third kappa shape index (κ3) is 5.01. The van der Waals surface area contributed by atoms with E-state index in [0.29, 0.717) is 6.61 Å². The largest absolute Gasteiger partial charge is 0.463 e. The summed E-state index contributed by atoms with van der Waals surface area (Å²) in [5, 5.41) is 0. The van der Waals surface area contributed by atoms with Crippen molar-refractivity contribution in [2.24, 2.45) is 17.8 Å². The second-order valence-electron chi connectivity index (χ2n) is 6.61. The van der Waals surface area contributed by atoms with Crippen molar-refractivity contribution in [2.75, 3.05) is 6.61 Å². The van der Waals surface area contributed by atoms with Crippen LogP contribution in [-0.4, -0.2) is 12.6 Å². The lowest BCUT2D eigenvalue weighted by atomic mass is 9.88. The zero-order chi connectivity index (χ0) is 15.9. The van der Waals surface area contributed by atoms with Crippen molar-refractivity contribution in [1.82, 2.24) is 0 Å². The predicted molar refractivity (Wildman–Crippen MR) is 91.4 cm³/mol. The van der Waals surface area contributed by atoms with Gasteiger partial charge in [-0.3, -0.25) is 0 Å². The summed E-state index contributed by atoms with van der Waals surface area (Å²) in [5.41, 5.74) is 2.16. The summed E-state index contributed by atoms with van der Waals surface area (Å²) < 4.78 is 4.88. The van der Waals surface area contributed by atoms with Crippen molar-refractivity contribution >= 4 is 5.97 Å². The molecule has 0 radical (unpaired) electrons. The molecule has 22 heavy (non-hydrogen) atoms. The van der Waals surface area contributed by atoms with E-state index in [1.807, 2.05) is 26.0 Å². The first-order valence-electron chi connectivity index (χ1n) is 8.46. The first-order valence-corrected chi connectivity index (χ1v) is 8.46. The second-order valence-corrected chi connectivity index (χ2v) is 6.61. The fourth-order valence-corrected chi connectivity index (χ4v) is 3.63. The van der Waals surface area contributed by atoms with E-state index < -0.39 is 0 Å². The Morgan fingerprint density at radius 1 is 1.14 bits per heavy atom. The van der Waals surface area contributed by atoms with Gasteiger partial charge in [0.1, 0.15) is 0 Å². The van der Waals surface area contributed by atoms with Crippen molar-refractivity contribution in [3.63, 3.8) is 0 Å². The lowest BCUT2D eigenvalue weighted by Gasteiger charge is -2.17. The first kappa shape index (κ1) is 16.8. The minimum atomic E-state index is -0.276. The van der Waals surface area contributed by atoms with Crippen LogP contribution in [0.15, 0.2) is 47.6 Å². The molecule has 0 N–H and O–H groups in total. The van der Waals surface area contributed by atoms with Crippen molar-refractivity contribution in [2.45, 2.75) is 46.5 Å². The summed E-state index contributed by atoms with van der Waals surface area (Å²) in [6.07, 6.45) is 17.9. The van der Waals surface area contributed by atoms with Crippen LogP contribution in [-0.2, 0) is 9.53 Å². The van der Waals surface area contributed by atoms with E-state index in [1.165, 1.54) is 37.3 Å². The quantitative estimate of drug-likeness (QED) is 0.392. The molecular weight excluding hydrogens is 272 g/mol. The number of carbonyl (C=O) groups excluding carboxylic acids is 1. The van der Waals surface area contributed by atoms with E-state index in [2.05, 4.69) is 25.2 Å². The van der Waals surface area contributed by atoms with Gasteiger partial charge in [0.15, 0.2) is 0 Å². The lowest BCUT2D eigenvalue weighted by Crippen LogP contribution is -2.06. The zero-order valence-electron chi connectivity index (χ0n) is 14.0. The number of esters is 1. The van der Waals surface area contributed by atoms with Gasteiger partial charge in [-0.15, -0.1) is 0 Å². The average Bonchev–Trinajstić information content (AvgIpc) is 3.07. The van der Waals surface area contributed by atoms with Crippen LogP contribution in [0.25, 0.3) is 0 Å². The minimum Gasteiger partial charge on any atom is -0.463 e. The Labute approximate surface area is 134 Å². The molecular formula is C20H28O2. The van der Waals surface area contributed by atoms with Crippen LogP contribution in [0, 0.1) is 17.8 Å². The summed E-state index contributed by atoms with van der Waals surface area (Å²) in [4.78, 5) is 11.3. The Balaban J connectivity index is 1.82. The number of carbonyl (C=O) groups is 1. The van der Waals surface area contributed by atoms with E-state index in [9.17, 15) is 4.79 Å². The fourth-order valence-electron chi connectivity index (χ4n) is 3.63. The van der Waals surface area contributed by atoms with Crippen LogP contribution in [0.3, 0.4) is 0 Å². The van der Waals surface area contributed by atoms with Crippen molar-refractivity contribution in [1.29, 1.82) is 0 Å². The molecule has 2 saturated carbocycles. The molecule has 0 saturated heterocycles. The van der Waals surface area contributed by atoms with Gasteiger partial charge in [0.25, 0.3) is 0 Å². The molecule has 2 heteroatoms. The molecule has 2 aliphatic rings. The maximum atomic E-state index is 11.3. The summed E-state index contributed by atoms with van der Waals surface area (Å²) in [7, 11) is 0. The van der Waals surface area contributed by atoms with Gasteiger partial charge in [-0.1, -0.05) is 42.4 Å². The Morgan fingerprint density at radius 3 is 2.59 bits per heavy atom. The van der Waals surface area contributed by atoms with Crippen LogP contribution in [0.5, 0.6) is 0 Å². The van der Waals surface area contributed by atoms with E-state index in [0.717, 1.165) is 23.3 Å². The number of hydrogen-bond acceptors (Lipinski definition) is 2. The molecule has 120 valence electrons. The van der Waals surface area contributed by atoms with Gasteiger partial charge in [-0.2, -0.15) is 0 Å². The molecule has 0 heterocycles. The van der Waals surface area contributed by atoms with E-state index >= 15 is 0 Å². The standard InChI is InChI=1S/C20H28O2/c1-4-22-20(21)12-16(3)7-5-6-15(2)8-10-18-13-17-9-11-19(18)14-17/h5-8,10,12,17-19H,4,9,11,13-14H2,1-3H3/b7-5+,10-8+,15-6+,16-12+. The van der Waals surface area contributed by atoms with E-state index in [1.54, 1.807) is 0 Å². The molecule has 2 bridgehead atoms. The molecule has 0 spiro atoms. The van der Waals surface area contributed by atoms with Gasteiger partial charge in [0, 0.05) is 6.08 Å². The number of ether oxygens (including phenoxy) is 1. The molecule has 2 fully saturated rings. The molecule has 0 aromatic heterocycles. The maximum absolute atomic E-state index is 11.3. The third-order valence-electron chi connectivity index (χ3n) is 4.75. The highest BCUT2D eigenvalue weighted by atomic mass is 16.5. The van der Waals surface area contributed by atoms with Crippen LogP contribution >= 0.6 is 0 Å². The maximum Gasteiger partial charge on any atom is 0.330 e. The lowest BCUT2D eigenvalue weighted by molar-refractivity contribution is -0.137. The topological polar surface area (TPSA) is 26.3 Å². The molecule has 2 rings (SSSR count). The van der Waals surface area contributed by atoms with Gasteiger partial charge < -0.3 is 4.74 Å². The third-order valence-corrected chi connectivity index (χ3v) is 4.75. The van der Waals surface area contributed by atoms with Crippen LogP contribution in [0.4, 0.5) is 0 Å². The normalized spacial score (nSPS) is 29.0. The number of fused-ring (bicyclic) bond motifs is 2. The highest BCUT2D eigenvalue weighted by molar-refractivity contribution is 5.83. The van der Waals surface area contributed by atoms with Gasteiger partial charge in [-0.05, 0) is 63.4 Å². The highest BCUT2D eigenvalue weighted by Crippen LogP contribution is 2.48. The predicted octanol–water partition coefficient (Wildman–Crippen LogP) is 4.99. The van der Waals surface area contributed by atoms with Gasteiger partial charge >= 0.3 is 5.97 Å². The Kier molecular flexibility index (Phi) is 6.23. The van der Waals surface area contributed by atoms with Crippen LogP contribution in [0.1, 0.15) is 46.5 Å². The molecule has 0 aromatic carbocycles. The smallest absolute Gasteiger partial charge is 0.330 e. The monoisotopic (exact) mass is 300 g/mol.